The topological polar surface area (TPSA) is 59.8 Å². The van der Waals surface area contributed by atoms with E-state index in [1.165, 1.54) is 38.5 Å². The van der Waals surface area contributed by atoms with Crippen LogP contribution >= 0.6 is 11.8 Å². The highest BCUT2D eigenvalue weighted by Gasteiger charge is 2.26. The number of rotatable bonds is 4. The zero-order valence-corrected chi connectivity index (χ0v) is 15.1. The fourth-order valence-corrected chi connectivity index (χ4v) is 4.49. The molecule has 1 aliphatic carbocycles. The van der Waals surface area contributed by atoms with E-state index in [2.05, 4.69) is 27.0 Å². The molecule has 2 aliphatic rings. The normalized spacial score (nSPS) is 26.2. The number of amides is 1. The van der Waals surface area contributed by atoms with Crippen LogP contribution in [0.5, 0.6) is 0 Å². The van der Waals surface area contributed by atoms with Crippen molar-refractivity contribution in [3.8, 4) is 0 Å². The third kappa shape index (κ3) is 4.08. The van der Waals surface area contributed by atoms with Crippen molar-refractivity contribution >= 4 is 17.7 Å². The first-order chi connectivity index (χ1) is 11.1. The average Bonchev–Trinajstić information content (AvgIpc) is 2.77. The second kappa shape index (κ2) is 7.69. The zero-order chi connectivity index (χ0) is 16.2. The summed E-state index contributed by atoms with van der Waals surface area (Å²) in [6.07, 6.45) is 9.50. The number of aryl methyl sites for hydroxylation is 1. The number of hydrogen-bond acceptors (Lipinski definition) is 4. The van der Waals surface area contributed by atoms with Crippen molar-refractivity contribution < 1.29 is 4.79 Å². The Morgan fingerprint density at radius 2 is 2.04 bits per heavy atom. The third-order valence-electron chi connectivity index (χ3n) is 5.17. The molecular weight excluding hydrogens is 308 g/mol. The van der Waals surface area contributed by atoms with Crippen LogP contribution in [-0.2, 0) is 17.8 Å². The number of nitrogens with zero attached hydrogens (tertiary/aromatic N) is 3. The van der Waals surface area contributed by atoms with Gasteiger partial charge in [0.25, 0.3) is 0 Å². The predicted octanol–water partition coefficient (Wildman–Crippen LogP) is 3.18. The molecule has 1 aliphatic heterocycles. The molecule has 1 amide bonds. The van der Waals surface area contributed by atoms with Gasteiger partial charge in [0.1, 0.15) is 5.82 Å². The van der Waals surface area contributed by atoms with Gasteiger partial charge in [0.05, 0.1) is 5.25 Å². The third-order valence-corrected chi connectivity index (χ3v) is 6.25. The summed E-state index contributed by atoms with van der Waals surface area (Å²) in [7, 11) is 0. The van der Waals surface area contributed by atoms with Crippen LogP contribution in [0.4, 0.5) is 0 Å². The van der Waals surface area contributed by atoms with Crippen LogP contribution in [-0.4, -0.2) is 32.0 Å². The van der Waals surface area contributed by atoms with Gasteiger partial charge in [-0.3, -0.25) is 4.79 Å². The SMILES string of the molecule is C[C@@H]1CCCC[C@@H]1NC(=O)[C@@H](C)Sc1nnc2n1CCCCC2. The summed E-state index contributed by atoms with van der Waals surface area (Å²) in [6.45, 7) is 5.21. The smallest absolute Gasteiger partial charge is 0.233 e. The summed E-state index contributed by atoms with van der Waals surface area (Å²) in [6, 6.07) is 0.342. The van der Waals surface area contributed by atoms with Gasteiger partial charge in [-0.05, 0) is 38.5 Å². The fourth-order valence-electron chi connectivity index (χ4n) is 3.59. The maximum absolute atomic E-state index is 12.5. The monoisotopic (exact) mass is 336 g/mol. The highest BCUT2D eigenvalue weighted by atomic mass is 32.2. The molecular formula is C17H28N4OS. The minimum absolute atomic E-state index is 0.124. The van der Waals surface area contributed by atoms with Crippen molar-refractivity contribution in [3.05, 3.63) is 5.82 Å². The van der Waals surface area contributed by atoms with Gasteiger partial charge >= 0.3 is 0 Å². The van der Waals surface area contributed by atoms with Gasteiger partial charge < -0.3 is 9.88 Å². The van der Waals surface area contributed by atoms with E-state index in [1.54, 1.807) is 11.8 Å². The second-order valence-electron chi connectivity index (χ2n) is 7.00. The maximum Gasteiger partial charge on any atom is 0.233 e. The first-order valence-electron chi connectivity index (χ1n) is 9.04. The Morgan fingerprint density at radius 3 is 2.87 bits per heavy atom. The summed E-state index contributed by atoms with van der Waals surface area (Å²) < 4.78 is 2.21. The van der Waals surface area contributed by atoms with Gasteiger partial charge in [0, 0.05) is 19.0 Å². The van der Waals surface area contributed by atoms with Crippen LogP contribution in [0.25, 0.3) is 0 Å². The lowest BCUT2D eigenvalue weighted by Gasteiger charge is -2.30. The molecule has 0 bridgehead atoms. The van der Waals surface area contributed by atoms with Crippen LogP contribution in [0.1, 0.15) is 64.6 Å². The van der Waals surface area contributed by atoms with E-state index < -0.39 is 0 Å². The zero-order valence-electron chi connectivity index (χ0n) is 14.3. The lowest BCUT2D eigenvalue weighted by molar-refractivity contribution is -0.121. The van der Waals surface area contributed by atoms with Crippen molar-refractivity contribution in [2.24, 2.45) is 5.92 Å². The van der Waals surface area contributed by atoms with Crippen molar-refractivity contribution in [3.63, 3.8) is 0 Å². The maximum atomic E-state index is 12.5. The fraction of sp³-hybridized carbons (Fsp3) is 0.824. The van der Waals surface area contributed by atoms with E-state index in [1.807, 2.05) is 6.92 Å². The van der Waals surface area contributed by atoms with Gasteiger partial charge in [0.2, 0.25) is 5.91 Å². The number of hydrogen-bond donors (Lipinski definition) is 1. The molecule has 1 saturated carbocycles. The lowest BCUT2D eigenvalue weighted by atomic mass is 9.86. The molecule has 0 saturated heterocycles. The van der Waals surface area contributed by atoms with Crippen LogP contribution in [0.2, 0.25) is 0 Å². The van der Waals surface area contributed by atoms with Crippen LogP contribution in [0, 0.1) is 5.92 Å². The molecule has 0 aromatic carbocycles. The molecule has 5 nitrogen and oxygen atoms in total. The Morgan fingerprint density at radius 1 is 1.22 bits per heavy atom. The second-order valence-corrected chi connectivity index (χ2v) is 8.31. The molecule has 1 aromatic rings. The van der Waals surface area contributed by atoms with E-state index in [9.17, 15) is 4.79 Å². The summed E-state index contributed by atoms with van der Waals surface area (Å²) in [5.41, 5.74) is 0. The number of thioether (sulfide) groups is 1. The Kier molecular flexibility index (Phi) is 5.62. The molecule has 23 heavy (non-hydrogen) atoms. The van der Waals surface area contributed by atoms with Crippen molar-refractivity contribution in [2.45, 2.75) is 88.2 Å². The number of carbonyl (C=O) groups is 1. The highest BCUT2D eigenvalue weighted by Crippen LogP contribution is 2.27. The van der Waals surface area contributed by atoms with Crippen LogP contribution < -0.4 is 5.32 Å². The molecule has 0 unspecified atom stereocenters. The number of fused-ring (bicyclic) bond motifs is 1. The Labute approximate surface area is 143 Å². The molecule has 128 valence electrons. The molecule has 1 aromatic heterocycles. The van der Waals surface area contributed by atoms with Crippen molar-refractivity contribution in [1.82, 2.24) is 20.1 Å². The lowest BCUT2D eigenvalue weighted by Crippen LogP contribution is -2.44. The van der Waals surface area contributed by atoms with Crippen molar-refractivity contribution in [1.29, 1.82) is 0 Å². The molecule has 3 atom stereocenters. The Hall–Kier alpha value is -1.04. The van der Waals surface area contributed by atoms with Crippen LogP contribution in [0.15, 0.2) is 5.16 Å². The van der Waals surface area contributed by atoms with Gasteiger partial charge in [-0.2, -0.15) is 0 Å². The van der Waals surface area contributed by atoms with Crippen LogP contribution in [0.3, 0.4) is 0 Å². The summed E-state index contributed by atoms with van der Waals surface area (Å²) >= 11 is 1.55. The van der Waals surface area contributed by atoms with E-state index in [-0.39, 0.29) is 11.2 Å². The Bertz CT molecular complexity index is 545. The summed E-state index contributed by atoms with van der Waals surface area (Å²) in [4.78, 5) is 12.5. The number of aromatic nitrogens is 3. The Balaban J connectivity index is 1.59. The van der Waals surface area contributed by atoms with Gasteiger partial charge in [-0.25, -0.2) is 0 Å². The average molecular weight is 337 g/mol. The minimum Gasteiger partial charge on any atom is -0.352 e. The molecule has 6 heteroatoms. The molecule has 1 fully saturated rings. The molecule has 0 spiro atoms. The highest BCUT2D eigenvalue weighted by molar-refractivity contribution is 8.00. The van der Waals surface area contributed by atoms with Gasteiger partial charge in [-0.1, -0.05) is 37.9 Å². The van der Waals surface area contributed by atoms with Crippen molar-refractivity contribution in [2.75, 3.05) is 0 Å². The predicted molar refractivity (Wildman–Crippen MR) is 92.5 cm³/mol. The molecule has 3 rings (SSSR count). The summed E-state index contributed by atoms with van der Waals surface area (Å²) in [5.74, 6) is 1.81. The van der Waals surface area contributed by atoms with Gasteiger partial charge in [-0.15, -0.1) is 10.2 Å². The van der Waals surface area contributed by atoms with E-state index in [0.717, 1.165) is 30.4 Å². The number of nitrogens with one attached hydrogen (secondary N) is 1. The quantitative estimate of drug-likeness (QED) is 0.858. The van der Waals surface area contributed by atoms with E-state index in [4.69, 9.17) is 0 Å². The standard InChI is InChI=1S/C17H28N4OS/c1-12-8-5-6-9-14(12)18-16(22)13(2)23-17-20-19-15-10-4-3-7-11-21(15)17/h12-14H,3-11H2,1-2H3,(H,18,22)/t12-,13-,14+/m1/s1. The van der Waals surface area contributed by atoms with E-state index in [0.29, 0.717) is 12.0 Å². The van der Waals surface area contributed by atoms with E-state index >= 15 is 0 Å². The molecule has 0 radical (unpaired) electrons. The van der Waals surface area contributed by atoms with Gasteiger partial charge in [0.15, 0.2) is 5.16 Å². The first kappa shape index (κ1) is 16.8. The minimum atomic E-state index is -0.124. The molecule has 1 N–H and O–H groups in total. The number of carbonyl (C=O) groups excluding carboxylic acids is 1. The summed E-state index contributed by atoms with van der Waals surface area (Å²) in [5, 5.41) is 12.7. The first-order valence-corrected chi connectivity index (χ1v) is 9.92. The largest absolute Gasteiger partial charge is 0.352 e. The molecule has 2 heterocycles.